The summed E-state index contributed by atoms with van der Waals surface area (Å²) in [5.74, 6) is 0.807. The molecule has 5 nitrogen and oxygen atoms in total. The van der Waals surface area contributed by atoms with Crippen LogP contribution in [-0.2, 0) is 14.3 Å². The Morgan fingerprint density at radius 1 is 1.25 bits per heavy atom. The number of esters is 1. The van der Waals surface area contributed by atoms with E-state index in [1.165, 1.54) is 6.08 Å². The smallest absolute Gasteiger partial charge is 0.331 e. The molecular weight excluding hydrogens is 260 g/mol. The predicted octanol–water partition coefficient (Wildman–Crippen LogP) is 2.64. The van der Waals surface area contributed by atoms with E-state index in [-0.39, 0.29) is 12.8 Å². The number of ether oxygens (including phenoxy) is 4. The number of allylic oxidation sites excluding steroid dienone is 1. The number of hydrogen-bond donors (Lipinski definition) is 0. The molecule has 0 radical (unpaired) electrons. The molecule has 0 bridgehead atoms. The maximum atomic E-state index is 11.4. The summed E-state index contributed by atoms with van der Waals surface area (Å²) in [6, 6.07) is 5.42. The summed E-state index contributed by atoms with van der Waals surface area (Å²) in [4.78, 5) is 11.4. The standard InChI is InChI=1S/C15H20O5/c1-5-19-15(16)8-11(2)12-6-7-13(20-10-17-3)14(9-12)18-4/h6-9H,5,10H2,1-4H3/b11-8+. The van der Waals surface area contributed by atoms with Crippen molar-refractivity contribution in [2.24, 2.45) is 0 Å². The Kier molecular flexibility index (Phi) is 6.59. The molecule has 0 spiro atoms. The molecule has 1 rings (SSSR count). The van der Waals surface area contributed by atoms with Crippen LogP contribution in [-0.4, -0.2) is 33.6 Å². The lowest BCUT2D eigenvalue weighted by Gasteiger charge is -2.11. The second-order valence-corrected chi connectivity index (χ2v) is 4.00. The van der Waals surface area contributed by atoms with Gasteiger partial charge in [-0.25, -0.2) is 4.79 Å². The third-order valence-electron chi connectivity index (χ3n) is 2.57. The fourth-order valence-electron chi connectivity index (χ4n) is 1.60. The molecule has 0 N–H and O–H groups in total. The SMILES string of the molecule is CCOC(=O)/C=C(\C)c1ccc(OCOC)c(OC)c1. The number of carbonyl (C=O) groups is 1. The molecule has 0 aliphatic heterocycles. The van der Waals surface area contributed by atoms with Gasteiger partial charge >= 0.3 is 5.97 Å². The van der Waals surface area contributed by atoms with Gasteiger partial charge in [0.15, 0.2) is 18.3 Å². The molecule has 110 valence electrons. The molecule has 0 unspecified atom stereocenters. The van der Waals surface area contributed by atoms with Gasteiger partial charge in [0, 0.05) is 13.2 Å². The summed E-state index contributed by atoms with van der Waals surface area (Å²) in [6.45, 7) is 4.11. The summed E-state index contributed by atoms with van der Waals surface area (Å²) in [5.41, 5.74) is 1.65. The third-order valence-corrected chi connectivity index (χ3v) is 2.57. The molecule has 1 aromatic rings. The van der Waals surface area contributed by atoms with Crippen LogP contribution in [0.4, 0.5) is 0 Å². The quantitative estimate of drug-likeness (QED) is 0.436. The molecule has 0 aliphatic rings. The monoisotopic (exact) mass is 280 g/mol. The Bertz CT molecular complexity index is 479. The summed E-state index contributed by atoms with van der Waals surface area (Å²) in [5, 5.41) is 0. The fraction of sp³-hybridized carbons (Fsp3) is 0.400. The number of carbonyl (C=O) groups excluding carboxylic acids is 1. The summed E-state index contributed by atoms with van der Waals surface area (Å²) in [6.07, 6.45) is 1.45. The van der Waals surface area contributed by atoms with Crippen LogP contribution in [0.15, 0.2) is 24.3 Å². The van der Waals surface area contributed by atoms with Gasteiger partial charge < -0.3 is 18.9 Å². The van der Waals surface area contributed by atoms with Gasteiger partial charge in [-0.1, -0.05) is 6.07 Å². The lowest BCUT2D eigenvalue weighted by atomic mass is 10.1. The Hall–Kier alpha value is -2.01. The van der Waals surface area contributed by atoms with E-state index in [4.69, 9.17) is 18.9 Å². The van der Waals surface area contributed by atoms with E-state index in [1.54, 1.807) is 33.3 Å². The van der Waals surface area contributed by atoms with E-state index in [9.17, 15) is 4.79 Å². The van der Waals surface area contributed by atoms with Gasteiger partial charge in [0.25, 0.3) is 0 Å². The van der Waals surface area contributed by atoms with Gasteiger partial charge in [0.05, 0.1) is 13.7 Å². The van der Waals surface area contributed by atoms with E-state index >= 15 is 0 Å². The first kappa shape index (κ1) is 16.0. The van der Waals surface area contributed by atoms with E-state index < -0.39 is 0 Å². The van der Waals surface area contributed by atoms with E-state index in [2.05, 4.69) is 0 Å². The molecule has 0 amide bonds. The Labute approximate surface area is 119 Å². The molecule has 0 aromatic heterocycles. The van der Waals surface area contributed by atoms with Crippen molar-refractivity contribution in [3.05, 3.63) is 29.8 Å². The normalized spacial score (nSPS) is 11.1. The van der Waals surface area contributed by atoms with Crippen LogP contribution in [0.2, 0.25) is 0 Å². The lowest BCUT2D eigenvalue weighted by molar-refractivity contribution is -0.137. The molecule has 0 saturated heterocycles. The van der Waals surface area contributed by atoms with Gasteiger partial charge in [0.1, 0.15) is 0 Å². The Morgan fingerprint density at radius 2 is 2.00 bits per heavy atom. The minimum absolute atomic E-state index is 0.146. The summed E-state index contributed by atoms with van der Waals surface area (Å²) in [7, 11) is 3.11. The minimum atomic E-state index is -0.358. The van der Waals surface area contributed by atoms with Gasteiger partial charge in [-0.15, -0.1) is 0 Å². The molecule has 0 fully saturated rings. The highest BCUT2D eigenvalue weighted by atomic mass is 16.7. The largest absolute Gasteiger partial charge is 0.493 e. The maximum Gasteiger partial charge on any atom is 0.331 e. The molecule has 0 saturated carbocycles. The van der Waals surface area contributed by atoms with Crippen molar-refractivity contribution in [2.45, 2.75) is 13.8 Å². The highest BCUT2D eigenvalue weighted by Crippen LogP contribution is 2.30. The second-order valence-electron chi connectivity index (χ2n) is 4.00. The van der Waals surface area contributed by atoms with E-state index in [0.717, 1.165) is 11.1 Å². The Balaban J connectivity index is 2.94. The number of rotatable bonds is 7. The summed E-state index contributed by atoms with van der Waals surface area (Å²) < 4.78 is 20.4. The molecule has 20 heavy (non-hydrogen) atoms. The first-order valence-corrected chi connectivity index (χ1v) is 6.27. The highest BCUT2D eigenvalue weighted by molar-refractivity contribution is 5.91. The lowest BCUT2D eigenvalue weighted by Crippen LogP contribution is -2.02. The van der Waals surface area contributed by atoms with Crippen LogP contribution in [0, 0.1) is 0 Å². The number of methoxy groups -OCH3 is 2. The van der Waals surface area contributed by atoms with Gasteiger partial charge in [-0.2, -0.15) is 0 Å². The topological polar surface area (TPSA) is 54.0 Å². The first-order valence-electron chi connectivity index (χ1n) is 6.27. The molecule has 0 atom stereocenters. The van der Waals surface area contributed by atoms with Gasteiger partial charge in [-0.3, -0.25) is 0 Å². The van der Waals surface area contributed by atoms with Crippen LogP contribution < -0.4 is 9.47 Å². The van der Waals surface area contributed by atoms with Crippen LogP contribution in [0.1, 0.15) is 19.4 Å². The molecule has 0 heterocycles. The van der Waals surface area contributed by atoms with Gasteiger partial charge in [-0.05, 0) is 37.1 Å². The summed E-state index contributed by atoms with van der Waals surface area (Å²) >= 11 is 0. The van der Waals surface area contributed by atoms with Gasteiger partial charge in [0.2, 0.25) is 0 Å². The van der Waals surface area contributed by atoms with Crippen LogP contribution in [0.3, 0.4) is 0 Å². The zero-order valence-corrected chi connectivity index (χ0v) is 12.3. The third kappa shape index (κ3) is 4.59. The molecule has 5 heteroatoms. The zero-order chi connectivity index (χ0) is 15.0. The average molecular weight is 280 g/mol. The van der Waals surface area contributed by atoms with Crippen molar-refractivity contribution in [3.63, 3.8) is 0 Å². The van der Waals surface area contributed by atoms with Crippen molar-refractivity contribution in [3.8, 4) is 11.5 Å². The van der Waals surface area contributed by atoms with Crippen molar-refractivity contribution < 1.29 is 23.7 Å². The number of benzene rings is 1. The van der Waals surface area contributed by atoms with Crippen molar-refractivity contribution in [2.75, 3.05) is 27.6 Å². The molecule has 1 aromatic carbocycles. The zero-order valence-electron chi connectivity index (χ0n) is 12.3. The van der Waals surface area contributed by atoms with Crippen molar-refractivity contribution >= 4 is 11.5 Å². The fourth-order valence-corrected chi connectivity index (χ4v) is 1.60. The first-order chi connectivity index (χ1) is 9.62. The van der Waals surface area contributed by atoms with E-state index in [0.29, 0.717) is 18.1 Å². The van der Waals surface area contributed by atoms with Crippen LogP contribution in [0.25, 0.3) is 5.57 Å². The van der Waals surface area contributed by atoms with E-state index in [1.807, 2.05) is 13.0 Å². The molecule has 0 aliphatic carbocycles. The maximum absolute atomic E-state index is 11.4. The van der Waals surface area contributed by atoms with Crippen molar-refractivity contribution in [1.29, 1.82) is 0 Å². The number of hydrogen-bond acceptors (Lipinski definition) is 5. The van der Waals surface area contributed by atoms with Crippen LogP contribution >= 0.6 is 0 Å². The average Bonchev–Trinajstić information content (AvgIpc) is 2.45. The predicted molar refractivity (Wildman–Crippen MR) is 75.8 cm³/mol. The highest BCUT2D eigenvalue weighted by Gasteiger charge is 2.08. The Morgan fingerprint density at radius 3 is 2.60 bits per heavy atom. The van der Waals surface area contributed by atoms with Crippen LogP contribution in [0.5, 0.6) is 11.5 Å². The molecular formula is C15H20O5. The minimum Gasteiger partial charge on any atom is -0.493 e. The van der Waals surface area contributed by atoms with Crippen molar-refractivity contribution in [1.82, 2.24) is 0 Å². The second kappa shape index (κ2) is 8.22.